The smallest absolute Gasteiger partial charge is 0.272 e. The number of primary amides is 1. The number of aromatic nitrogens is 1. The lowest BCUT2D eigenvalue weighted by atomic mass is 10.1. The molecule has 0 bridgehead atoms. The maximum atomic E-state index is 14.8. The van der Waals surface area contributed by atoms with Gasteiger partial charge in [0.25, 0.3) is 11.8 Å². The molecule has 10 heteroatoms. The van der Waals surface area contributed by atoms with Crippen molar-refractivity contribution in [2.24, 2.45) is 5.73 Å². The van der Waals surface area contributed by atoms with Gasteiger partial charge in [0.15, 0.2) is 5.69 Å². The van der Waals surface area contributed by atoms with E-state index in [1.807, 2.05) is 6.92 Å². The molecule has 1 aliphatic carbocycles. The van der Waals surface area contributed by atoms with Crippen molar-refractivity contribution in [2.45, 2.75) is 57.5 Å². The number of nitrogens with zero attached hydrogens (tertiary/aromatic N) is 2. The molecule has 0 aliphatic heterocycles. The van der Waals surface area contributed by atoms with E-state index in [9.17, 15) is 18.8 Å². The van der Waals surface area contributed by atoms with Crippen molar-refractivity contribution in [1.82, 2.24) is 9.69 Å². The predicted octanol–water partition coefficient (Wildman–Crippen LogP) is 2.84. The molecule has 2 aromatic rings. The van der Waals surface area contributed by atoms with Crippen LogP contribution in [0.3, 0.4) is 0 Å². The highest BCUT2D eigenvalue weighted by Gasteiger charge is 2.36. The van der Waals surface area contributed by atoms with E-state index in [4.69, 9.17) is 11.5 Å². The van der Waals surface area contributed by atoms with Crippen molar-refractivity contribution >= 4 is 40.6 Å². The molecule has 0 radical (unpaired) electrons. The number of nitrogen functional groups attached to an aromatic ring is 1. The molecule has 3 amide bonds. The number of nitrogens with two attached hydrogens (primary N) is 2. The summed E-state index contributed by atoms with van der Waals surface area (Å²) < 4.78 is 18.6. The second-order valence-corrected chi connectivity index (χ2v) is 8.33. The number of hydrogen-bond donors (Lipinski definition) is 3. The van der Waals surface area contributed by atoms with Crippen LogP contribution in [-0.2, 0) is 4.79 Å². The van der Waals surface area contributed by atoms with E-state index >= 15 is 0 Å². The fourth-order valence-electron chi connectivity index (χ4n) is 3.82. The van der Waals surface area contributed by atoms with Gasteiger partial charge in [-0.05, 0) is 42.9 Å². The van der Waals surface area contributed by atoms with Crippen molar-refractivity contribution in [2.75, 3.05) is 10.6 Å². The van der Waals surface area contributed by atoms with Crippen LogP contribution in [0, 0.1) is 5.82 Å². The first-order chi connectivity index (χ1) is 14.8. The Hall–Kier alpha value is -3.01. The van der Waals surface area contributed by atoms with Gasteiger partial charge < -0.3 is 16.8 Å². The summed E-state index contributed by atoms with van der Waals surface area (Å²) in [4.78, 5) is 39.3. The molecule has 1 aromatic heterocycles. The van der Waals surface area contributed by atoms with Gasteiger partial charge in [0, 0.05) is 6.04 Å². The van der Waals surface area contributed by atoms with Gasteiger partial charge in [0.05, 0.1) is 11.4 Å². The summed E-state index contributed by atoms with van der Waals surface area (Å²) in [5, 5.41) is 3.00. The highest BCUT2D eigenvalue weighted by molar-refractivity contribution is 7.09. The molecular weight excluding hydrogens is 421 g/mol. The van der Waals surface area contributed by atoms with Gasteiger partial charge in [-0.3, -0.25) is 19.3 Å². The van der Waals surface area contributed by atoms with Crippen LogP contribution >= 0.6 is 11.5 Å². The third-order valence-corrected chi connectivity index (χ3v) is 6.22. The van der Waals surface area contributed by atoms with E-state index in [0.717, 1.165) is 30.6 Å². The third-order valence-electron chi connectivity index (χ3n) is 5.36. The van der Waals surface area contributed by atoms with E-state index in [2.05, 4.69) is 9.69 Å². The molecule has 3 rings (SSSR count). The summed E-state index contributed by atoms with van der Waals surface area (Å²) >= 11 is 0.700. The second kappa shape index (κ2) is 9.86. The molecule has 0 saturated heterocycles. The van der Waals surface area contributed by atoms with E-state index in [1.165, 1.54) is 18.2 Å². The van der Waals surface area contributed by atoms with Crippen molar-refractivity contribution in [3.63, 3.8) is 0 Å². The minimum atomic E-state index is -0.950. The number of para-hydroxylation sites is 1. The Balaban J connectivity index is 2.04. The maximum absolute atomic E-state index is 14.8. The van der Waals surface area contributed by atoms with Gasteiger partial charge >= 0.3 is 0 Å². The zero-order chi connectivity index (χ0) is 22.5. The molecule has 1 fully saturated rings. The zero-order valence-electron chi connectivity index (χ0n) is 17.3. The van der Waals surface area contributed by atoms with E-state index in [0.29, 0.717) is 24.4 Å². The molecule has 5 N–H and O–H groups in total. The molecule has 0 spiro atoms. The van der Waals surface area contributed by atoms with E-state index < -0.39 is 23.7 Å². The number of rotatable bonds is 8. The summed E-state index contributed by atoms with van der Waals surface area (Å²) in [5.41, 5.74) is 10.8. The van der Waals surface area contributed by atoms with E-state index in [-0.39, 0.29) is 33.9 Å². The third kappa shape index (κ3) is 4.84. The lowest BCUT2D eigenvalue weighted by Gasteiger charge is -2.31. The molecule has 1 aliphatic rings. The highest BCUT2D eigenvalue weighted by Crippen LogP contribution is 2.30. The predicted molar refractivity (Wildman–Crippen MR) is 117 cm³/mol. The van der Waals surface area contributed by atoms with Crippen LogP contribution in [0.5, 0.6) is 0 Å². The highest BCUT2D eigenvalue weighted by atomic mass is 32.1. The number of hydrogen-bond acceptors (Lipinski definition) is 6. The summed E-state index contributed by atoms with van der Waals surface area (Å²) in [6, 6.07) is 4.83. The number of nitrogens with one attached hydrogen (secondary N) is 1. The van der Waals surface area contributed by atoms with Crippen LogP contribution in [0.25, 0.3) is 0 Å². The van der Waals surface area contributed by atoms with Gasteiger partial charge in [0.1, 0.15) is 16.7 Å². The van der Waals surface area contributed by atoms with Gasteiger partial charge in [0.2, 0.25) is 5.91 Å². The summed E-state index contributed by atoms with van der Waals surface area (Å²) in [6.07, 6.45) is 4.73. The van der Waals surface area contributed by atoms with Crippen LogP contribution in [0.1, 0.15) is 65.6 Å². The van der Waals surface area contributed by atoms with Crippen LogP contribution in [0.4, 0.5) is 15.8 Å². The minimum absolute atomic E-state index is 0.0408. The topological polar surface area (TPSA) is 131 Å². The first kappa shape index (κ1) is 22.7. The van der Waals surface area contributed by atoms with Crippen molar-refractivity contribution in [3.8, 4) is 0 Å². The Kier molecular flexibility index (Phi) is 7.21. The normalized spacial score (nSPS) is 14.9. The SMILES string of the molecule is CCCC(C(=O)NC1CCCC1)N(C(=O)c1snc(C(N)=O)c1N)c1ccccc1F. The Bertz CT molecular complexity index is 974. The summed E-state index contributed by atoms with van der Waals surface area (Å²) in [7, 11) is 0. The average Bonchev–Trinajstić information content (AvgIpc) is 3.38. The molecule has 31 heavy (non-hydrogen) atoms. The number of carbonyl (C=O) groups excluding carboxylic acids is 3. The Morgan fingerprint density at radius 2 is 1.97 bits per heavy atom. The number of halogens is 1. The monoisotopic (exact) mass is 447 g/mol. The van der Waals surface area contributed by atoms with Gasteiger partial charge in [-0.1, -0.05) is 38.3 Å². The van der Waals surface area contributed by atoms with E-state index in [1.54, 1.807) is 6.07 Å². The molecule has 1 saturated carbocycles. The quantitative estimate of drug-likeness (QED) is 0.573. The summed E-state index contributed by atoms with van der Waals surface area (Å²) in [5.74, 6) is -2.56. The van der Waals surface area contributed by atoms with Gasteiger partial charge in [-0.2, -0.15) is 4.37 Å². The molecule has 8 nitrogen and oxygen atoms in total. The summed E-state index contributed by atoms with van der Waals surface area (Å²) in [6.45, 7) is 1.88. The van der Waals surface area contributed by atoms with Crippen molar-refractivity contribution < 1.29 is 18.8 Å². The number of anilines is 2. The fraction of sp³-hybridized carbons (Fsp3) is 0.429. The molecular formula is C21H26FN5O3S. The molecule has 166 valence electrons. The van der Waals surface area contributed by atoms with Crippen LogP contribution in [0.15, 0.2) is 24.3 Å². The van der Waals surface area contributed by atoms with Crippen molar-refractivity contribution in [3.05, 3.63) is 40.7 Å². The second-order valence-electron chi connectivity index (χ2n) is 7.56. The van der Waals surface area contributed by atoms with Crippen molar-refractivity contribution in [1.29, 1.82) is 0 Å². The first-order valence-electron chi connectivity index (χ1n) is 10.3. The molecule has 1 atom stereocenters. The van der Waals surface area contributed by atoms with Gasteiger partial charge in [-0.25, -0.2) is 4.39 Å². The standard InChI is InChI=1S/C21H26FN5O3S/c1-2-7-15(20(29)25-12-8-3-4-9-12)27(14-11-6-5-10-13(14)22)21(30)18-16(23)17(19(24)28)26-31-18/h5-6,10-12,15H,2-4,7-9,23H2,1H3,(H2,24,28)(H,25,29). The molecule has 1 unspecified atom stereocenters. The number of amides is 3. The maximum Gasteiger partial charge on any atom is 0.272 e. The number of carbonyl (C=O) groups is 3. The largest absolute Gasteiger partial charge is 0.395 e. The average molecular weight is 448 g/mol. The molecule has 1 aromatic carbocycles. The number of benzene rings is 1. The minimum Gasteiger partial charge on any atom is -0.395 e. The Labute approximate surface area is 184 Å². The fourth-order valence-corrected chi connectivity index (χ4v) is 4.57. The lowest BCUT2D eigenvalue weighted by Crippen LogP contribution is -2.52. The van der Waals surface area contributed by atoms with Crippen LogP contribution < -0.4 is 21.7 Å². The first-order valence-corrected chi connectivity index (χ1v) is 11.1. The zero-order valence-corrected chi connectivity index (χ0v) is 18.1. The van der Waals surface area contributed by atoms with Crippen LogP contribution in [0.2, 0.25) is 0 Å². The van der Waals surface area contributed by atoms with Gasteiger partial charge in [-0.15, -0.1) is 0 Å². The molecule has 1 heterocycles. The lowest BCUT2D eigenvalue weighted by molar-refractivity contribution is -0.123. The van der Waals surface area contributed by atoms with Crippen LogP contribution in [-0.4, -0.2) is 34.2 Å². The Morgan fingerprint density at radius 1 is 1.29 bits per heavy atom. The Morgan fingerprint density at radius 3 is 2.55 bits per heavy atom.